The maximum atomic E-state index is 13.1. The third kappa shape index (κ3) is 3.26. The van der Waals surface area contributed by atoms with Crippen molar-refractivity contribution in [3.63, 3.8) is 0 Å². The second-order valence-electron chi connectivity index (χ2n) is 7.24. The summed E-state index contributed by atoms with van der Waals surface area (Å²) in [6.07, 6.45) is 0. The average Bonchev–Trinajstić information content (AvgIpc) is 2.68. The lowest BCUT2D eigenvalue weighted by Crippen LogP contribution is -2.71. The number of carbonyl (C=O) groups is 1. The number of halogens is 1. The molecule has 2 aromatic carbocycles. The van der Waals surface area contributed by atoms with Gasteiger partial charge in [-0.25, -0.2) is 0 Å². The van der Waals surface area contributed by atoms with E-state index in [1.807, 2.05) is 44.2 Å². The monoisotopic (exact) mass is 446 g/mol. The van der Waals surface area contributed by atoms with Crippen molar-refractivity contribution < 1.29 is 19.0 Å². The fourth-order valence-electron chi connectivity index (χ4n) is 4.24. The van der Waals surface area contributed by atoms with E-state index in [0.717, 1.165) is 5.56 Å². The molecule has 0 radical (unpaired) electrons. The van der Waals surface area contributed by atoms with Crippen molar-refractivity contribution in [3.8, 4) is 11.5 Å². The lowest BCUT2D eigenvalue weighted by molar-refractivity contribution is -0.159. The normalized spacial score (nSPS) is 24.4. The highest BCUT2D eigenvalue weighted by Crippen LogP contribution is 2.52. The standard InChI is InChI=1S/C22H23ClN2O4S/c1-4-27-16-11-7-10-15-18-17(20(26)28-5-2)22(3,29-19(15)16)25(21(30)24-18)14-9-6-8-13(23)12-14/h6-12,17-18H,4-5H2,1-3H3,(H,24,30). The smallest absolute Gasteiger partial charge is 0.317 e. The summed E-state index contributed by atoms with van der Waals surface area (Å²) in [5.74, 6) is 0.177. The van der Waals surface area contributed by atoms with E-state index >= 15 is 0 Å². The van der Waals surface area contributed by atoms with Crippen LogP contribution in [0.25, 0.3) is 0 Å². The van der Waals surface area contributed by atoms with Crippen LogP contribution in [0.3, 0.4) is 0 Å². The first kappa shape index (κ1) is 20.8. The van der Waals surface area contributed by atoms with Crippen molar-refractivity contribution in [1.82, 2.24) is 5.32 Å². The maximum absolute atomic E-state index is 13.1. The molecule has 2 aliphatic heterocycles. The van der Waals surface area contributed by atoms with Gasteiger partial charge in [-0.05, 0) is 57.3 Å². The minimum Gasteiger partial charge on any atom is -0.490 e. The lowest BCUT2D eigenvalue weighted by Gasteiger charge is -2.55. The van der Waals surface area contributed by atoms with E-state index in [0.29, 0.717) is 33.9 Å². The summed E-state index contributed by atoms with van der Waals surface area (Å²) in [5.41, 5.74) is 0.376. The number of esters is 1. The zero-order valence-electron chi connectivity index (χ0n) is 17.0. The molecule has 3 atom stereocenters. The summed E-state index contributed by atoms with van der Waals surface area (Å²) >= 11 is 11.9. The number of hydrogen-bond donors (Lipinski definition) is 1. The first-order valence-electron chi connectivity index (χ1n) is 9.88. The van der Waals surface area contributed by atoms with Crippen LogP contribution < -0.4 is 19.7 Å². The van der Waals surface area contributed by atoms with Gasteiger partial charge in [-0.1, -0.05) is 29.8 Å². The quantitative estimate of drug-likeness (QED) is 0.537. The molecule has 0 spiro atoms. The number of para-hydroxylation sites is 1. The van der Waals surface area contributed by atoms with Crippen LogP contribution in [0, 0.1) is 5.92 Å². The third-order valence-electron chi connectivity index (χ3n) is 5.40. The first-order valence-corrected chi connectivity index (χ1v) is 10.7. The third-order valence-corrected chi connectivity index (χ3v) is 5.93. The van der Waals surface area contributed by atoms with Crippen LogP contribution in [0.2, 0.25) is 5.02 Å². The zero-order chi connectivity index (χ0) is 21.5. The Hall–Kier alpha value is -2.51. The van der Waals surface area contributed by atoms with Gasteiger partial charge in [-0.3, -0.25) is 9.69 Å². The number of carbonyl (C=O) groups excluding carboxylic acids is 1. The first-order chi connectivity index (χ1) is 14.4. The van der Waals surface area contributed by atoms with Crippen molar-refractivity contribution in [2.75, 3.05) is 18.1 Å². The Kier molecular flexibility index (Phi) is 5.51. The summed E-state index contributed by atoms with van der Waals surface area (Å²) in [7, 11) is 0. The Bertz CT molecular complexity index is 1000. The summed E-state index contributed by atoms with van der Waals surface area (Å²) in [6, 6.07) is 12.5. The number of anilines is 1. The van der Waals surface area contributed by atoms with Crippen molar-refractivity contribution in [1.29, 1.82) is 0 Å². The van der Waals surface area contributed by atoms with Gasteiger partial charge in [0, 0.05) is 16.3 Å². The number of thiocarbonyl (C=S) groups is 1. The van der Waals surface area contributed by atoms with Crippen LogP contribution in [-0.4, -0.2) is 30.0 Å². The highest BCUT2D eigenvalue weighted by molar-refractivity contribution is 7.80. The molecule has 0 amide bonds. The van der Waals surface area contributed by atoms with Gasteiger partial charge in [0.1, 0.15) is 5.92 Å². The molecule has 6 nitrogen and oxygen atoms in total. The minimum absolute atomic E-state index is 0.269. The molecule has 0 aliphatic carbocycles. The van der Waals surface area contributed by atoms with E-state index in [1.165, 1.54) is 0 Å². The zero-order valence-corrected chi connectivity index (χ0v) is 18.5. The van der Waals surface area contributed by atoms with Gasteiger partial charge >= 0.3 is 5.97 Å². The van der Waals surface area contributed by atoms with Crippen LogP contribution >= 0.6 is 23.8 Å². The van der Waals surface area contributed by atoms with Crippen LogP contribution in [-0.2, 0) is 9.53 Å². The molecule has 2 aliphatic rings. The summed E-state index contributed by atoms with van der Waals surface area (Å²) in [6.45, 7) is 6.31. The maximum Gasteiger partial charge on any atom is 0.317 e. The molecule has 158 valence electrons. The molecule has 8 heteroatoms. The Labute approximate surface area is 186 Å². The van der Waals surface area contributed by atoms with Crippen LogP contribution in [0.5, 0.6) is 11.5 Å². The molecular weight excluding hydrogens is 424 g/mol. The lowest BCUT2D eigenvalue weighted by atomic mass is 9.79. The van der Waals surface area contributed by atoms with Gasteiger partial charge in [0.15, 0.2) is 16.6 Å². The van der Waals surface area contributed by atoms with E-state index in [4.69, 9.17) is 38.0 Å². The van der Waals surface area contributed by atoms with Gasteiger partial charge in [0.05, 0.1) is 19.3 Å². The Balaban J connectivity index is 1.91. The molecule has 30 heavy (non-hydrogen) atoms. The molecule has 3 unspecified atom stereocenters. The van der Waals surface area contributed by atoms with E-state index < -0.39 is 17.7 Å². The van der Waals surface area contributed by atoms with E-state index in [1.54, 1.807) is 24.0 Å². The molecule has 0 aromatic heterocycles. The topological polar surface area (TPSA) is 60.0 Å². The molecular formula is C22H23ClN2O4S. The Morgan fingerprint density at radius 3 is 2.73 bits per heavy atom. The molecule has 1 fully saturated rings. The van der Waals surface area contributed by atoms with Crippen LogP contribution in [0.1, 0.15) is 32.4 Å². The summed E-state index contributed by atoms with van der Waals surface area (Å²) in [5, 5.41) is 4.33. The van der Waals surface area contributed by atoms with Crippen molar-refractivity contribution >= 4 is 40.6 Å². The fraction of sp³-hybridized carbons (Fsp3) is 0.364. The predicted molar refractivity (Wildman–Crippen MR) is 119 cm³/mol. The number of ether oxygens (including phenoxy) is 3. The van der Waals surface area contributed by atoms with E-state index in [2.05, 4.69) is 5.32 Å². The van der Waals surface area contributed by atoms with E-state index in [9.17, 15) is 4.79 Å². The molecule has 0 saturated carbocycles. The number of fused-ring (bicyclic) bond motifs is 4. The number of hydrogen-bond acceptors (Lipinski definition) is 5. The van der Waals surface area contributed by atoms with Gasteiger partial charge in [0.25, 0.3) is 0 Å². The van der Waals surface area contributed by atoms with Crippen LogP contribution in [0.15, 0.2) is 42.5 Å². The highest BCUT2D eigenvalue weighted by Gasteiger charge is 2.60. The van der Waals surface area contributed by atoms with E-state index in [-0.39, 0.29) is 12.6 Å². The highest BCUT2D eigenvalue weighted by atomic mass is 35.5. The molecule has 1 saturated heterocycles. The molecule has 2 aromatic rings. The second kappa shape index (κ2) is 7.96. The number of benzene rings is 2. The average molecular weight is 447 g/mol. The largest absolute Gasteiger partial charge is 0.490 e. The van der Waals surface area contributed by atoms with Gasteiger partial charge < -0.3 is 19.5 Å². The van der Waals surface area contributed by atoms with Gasteiger partial charge in [0.2, 0.25) is 5.72 Å². The number of rotatable bonds is 5. The molecule has 2 heterocycles. The number of nitrogens with one attached hydrogen (secondary N) is 1. The van der Waals surface area contributed by atoms with Crippen molar-refractivity contribution in [2.45, 2.75) is 32.5 Å². The molecule has 2 bridgehead atoms. The fourth-order valence-corrected chi connectivity index (χ4v) is 4.83. The van der Waals surface area contributed by atoms with Gasteiger partial charge in [-0.2, -0.15) is 0 Å². The van der Waals surface area contributed by atoms with Crippen LogP contribution in [0.4, 0.5) is 5.69 Å². The number of nitrogens with zero attached hydrogens (tertiary/aromatic N) is 1. The van der Waals surface area contributed by atoms with Crippen molar-refractivity contribution in [3.05, 3.63) is 53.1 Å². The second-order valence-corrected chi connectivity index (χ2v) is 8.06. The molecule has 4 rings (SSSR count). The predicted octanol–water partition coefficient (Wildman–Crippen LogP) is 4.46. The summed E-state index contributed by atoms with van der Waals surface area (Å²) in [4.78, 5) is 14.9. The Morgan fingerprint density at radius 1 is 1.27 bits per heavy atom. The minimum atomic E-state index is -1.15. The van der Waals surface area contributed by atoms with Crippen molar-refractivity contribution in [2.24, 2.45) is 5.92 Å². The molecule has 1 N–H and O–H groups in total. The SMILES string of the molecule is CCOC(=O)C1C2NC(=S)N(c3cccc(Cl)c3)C1(C)Oc1c(OCC)cccc12. The Morgan fingerprint density at radius 2 is 2.03 bits per heavy atom. The van der Waals surface area contributed by atoms with Gasteiger partial charge in [-0.15, -0.1) is 0 Å². The summed E-state index contributed by atoms with van der Waals surface area (Å²) < 4.78 is 17.8.